The Balaban J connectivity index is 2.38. The van der Waals surface area contributed by atoms with E-state index in [4.69, 9.17) is 10.5 Å². The van der Waals surface area contributed by atoms with Crippen molar-refractivity contribution in [3.63, 3.8) is 0 Å². The topological polar surface area (TPSA) is 126 Å². The molecule has 1 saturated heterocycles. The van der Waals surface area contributed by atoms with Gasteiger partial charge < -0.3 is 0 Å². The summed E-state index contributed by atoms with van der Waals surface area (Å²) < 4.78 is 5.64. The Morgan fingerprint density at radius 2 is 2.41 bits per heavy atom. The van der Waals surface area contributed by atoms with Crippen LogP contribution < -0.4 is 5.73 Å². The van der Waals surface area contributed by atoms with Crippen molar-refractivity contribution in [3.8, 4) is 0 Å². The van der Waals surface area contributed by atoms with Gasteiger partial charge in [-0.3, -0.25) is 0 Å². The van der Waals surface area contributed by atoms with Crippen molar-refractivity contribution in [1.82, 2.24) is 4.98 Å². The van der Waals surface area contributed by atoms with Gasteiger partial charge in [0, 0.05) is 0 Å². The number of amides is 1. The summed E-state index contributed by atoms with van der Waals surface area (Å²) in [5.74, 6) is -0.664. The first kappa shape index (κ1) is 12.7. The summed E-state index contributed by atoms with van der Waals surface area (Å²) in [5, 5.41) is 28.7. The fourth-order valence-corrected chi connectivity index (χ4v) is 3.77. The fourth-order valence-electron chi connectivity index (χ4n) is 1.70. The number of ether oxygens (including phenoxy) is 1. The van der Waals surface area contributed by atoms with Crippen LogP contribution in [0.15, 0.2) is 4.94 Å². The molecule has 0 saturated carbocycles. The number of hydrogen-bond acceptors (Lipinski definition) is 6. The number of rotatable bonds is 3. The maximum atomic E-state index is 10.9. The molecule has 8 heteroatoms. The average Bonchev–Trinajstić information content (AvgIpc) is 2.88. The second-order valence-corrected chi connectivity index (χ2v) is 5.57. The van der Waals surface area contributed by atoms with Crippen molar-refractivity contribution >= 4 is 20.4 Å². The number of aromatic nitrogens is 1. The van der Waals surface area contributed by atoms with E-state index < -0.39 is 30.3 Å². The van der Waals surface area contributed by atoms with Gasteiger partial charge in [-0.2, -0.15) is 0 Å². The van der Waals surface area contributed by atoms with Crippen LogP contribution in [0.5, 0.6) is 0 Å². The Labute approximate surface area is 103 Å². The minimum atomic E-state index is -1.41. The van der Waals surface area contributed by atoms with Gasteiger partial charge in [-0.05, 0) is 0 Å². The van der Waals surface area contributed by atoms with E-state index in [0.29, 0.717) is 4.57 Å². The number of carbonyl (C=O) groups is 1. The molecule has 1 aromatic heterocycles. The summed E-state index contributed by atoms with van der Waals surface area (Å²) in [6, 6.07) is 0. The van der Waals surface area contributed by atoms with E-state index in [1.165, 1.54) is 0 Å². The van der Waals surface area contributed by atoms with Crippen LogP contribution in [-0.4, -0.2) is 66.1 Å². The number of nitrogens with two attached hydrogens (primary N) is 1. The zero-order chi connectivity index (χ0) is 12.6. The SMILES string of the molecule is NC(=O)c1c[se]c([C@@]2(CO)OC[C@H](O)[C@@H]2O)n1. The molecule has 17 heavy (non-hydrogen) atoms. The van der Waals surface area contributed by atoms with Gasteiger partial charge >= 0.3 is 102 Å². The number of primary amides is 1. The van der Waals surface area contributed by atoms with Crippen molar-refractivity contribution in [2.24, 2.45) is 5.73 Å². The van der Waals surface area contributed by atoms with E-state index in [2.05, 4.69) is 4.98 Å². The zero-order valence-electron chi connectivity index (χ0n) is 8.74. The molecule has 3 atom stereocenters. The van der Waals surface area contributed by atoms with Crippen LogP contribution in [0, 0.1) is 0 Å². The molecular weight excluding hydrogens is 295 g/mol. The molecule has 7 nitrogen and oxygen atoms in total. The van der Waals surface area contributed by atoms with Gasteiger partial charge in [-0.25, -0.2) is 0 Å². The van der Waals surface area contributed by atoms with Crippen LogP contribution in [-0.2, 0) is 10.3 Å². The molecule has 1 amide bonds. The Morgan fingerprint density at radius 3 is 2.82 bits per heavy atom. The van der Waals surface area contributed by atoms with Crippen LogP contribution in [0.1, 0.15) is 15.1 Å². The van der Waals surface area contributed by atoms with Crippen molar-refractivity contribution in [3.05, 3.63) is 15.2 Å². The van der Waals surface area contributed by atoms with Crippen LogP contribution >= 0.6 is 0 Å². The van der Waals surface area contributed by atoms with E-state index in [9.17, 15) is 20.1 Å². The molecule has 0 spiro atoms. The summed E-state index contributed by atoms with van der Waals surface area (Å²) >= 11 is -0.335. The molecule has 0 radical (unpaired) electrons. The van der Waals surface area contributed by atoms with Gasteiger partial charge in [0.2, 0.25) is 0 Å². The first-order valence-corrected chi connectivity index (χ1v) is 6.72. The van der Waals surface area contributed by atoms with Crippen molar-refractivity contribution in [2.75, 3.05) is 13.2 Å². The Bertz CT molecular complexity index is 437. The van der Waals surface area contributed by atoms with Crippen molar-refractivity contribution in [2.45, 2.75) is 17.8 Å². The van der Waals surface area contributed by atoms with Crippen molar-refractivity contribution < 1.29 is 24.9 Å². The third-order valence-electron chi connectivity index (χ3n) is 2.71. The Morgan fingerprint density at radius 1 is 1.71 bits per heavy atom. The normalized spacial score (nSPS) is 32.9. The average molecular weight is 307 g/mol. The number of aliphatic hydroxyl groups excluding tert-OH is 3. The molecule has 94 valence electrons. The van der Waals surface area contributed by atoms with E-state index in [-0.39, 0.29) is 26.8 Å². The molecule has 1 aliphatic rings. The number of hydrogen-bond donors (Lipinski definition) is 4. The zero-order valence-corrected chi connectivity index (χ0v) is 10.5. The van der Waals surface area contributed by atoms with Crippen LogP contribution in [0.4, 0.5) is 0 Å². The van der Waals surface area contributed by atoms with E-state index in [1.54, 1.807) is 4.94 Å². The summed E-state index contributed by atoms with van der Waals surface area (Å²) in [4.78, 5) is 16.5. The number of nitrogens with zero attached hydrogens (tertiary/aromatic N) is 1. The Kier molecular flexibility index (Phi) is 3.35. The molecule has 1 aromatic rings. The molecule has 0 aliphatic carbocycles. The van der Waals surface area contributed by atoms with Gasteiger partial charge in [0.1, 0.15) is 0 Å². The first-order valence-electron chi connectivity index (χ1n) is 4.88. The fraction of sp³-hybridized carbons (Fsp3) is 0.556. The van der Waals surface area contributed by atoms with Gasteiger partial charge in [0.05, 0.1) is 0 Å². The third kappa shape index (κ3) is 1.93. The summed E-state index contributed by atoms with van der Waals surface area (Å²) in [6.45, 7) is -0.589. The maximum absolute atomic E-state index is 10.9. The van der Waals surface area contributed by atoms with Gasteiger partial charge in [-0.15, -0.1) is 0 Å². The predicted molar refractivity (Wildman–Crippen MR) is 56.4 cm³/mol. The van der Waals surface area contributed by atoms with Crippen molar-refractivity contribution in [1.29, 1.82) is 0 Å². The summed E-state index contributed by atoms with van der Waals surface area (Å²) in [7, 11) is 0. The number of carbonyl (C=O) groups excluding carboxylic acids is 1. The van der Waals surface area contributed by atoms with Crippen LogP contribution in [0.3, 0.4) is 0 Å². The van der Waals surface area contributed by atoms with E-state index in [0.717, 1.165) is 0 Å². The minimum absolute atomic E-state index is 0.0806. The summed E-state index contributed by atoms with van der Waals surface area (Å²) in [5.41, 5.74) is 3.78. The van der Waals surface area contributed by atoms with Crippen LogP contribution in [0.2, 0.25) is 0 Å². The third-order valence-corrected chi connectivity index (χ3v) is 4.81. The predicted octanol–water partition coefficient (Wildman–Crippen LogP) is -2.82. The second-order valence-electron chi connectivity index (χ2n) is 3.77. The Hall–Kier alpha value is -0.761. The molecule has 0 aromatic carbocycles. The molecule has 5 N–H and O–H groups in total. The molecule has 1 fully saturated rings. The van der Waals surface area contributed by atoms with Gasteiger partial charge in [0.25, 0.3) is 0 Å². The second kappa shape index (κ2) is 4.49. The van der Waals surface area contributed by atoms with E-state index >= 15 is 0 Å². The molecule has 0 unspecified atom stereocenters. The molecular formula is C9H12N2O5Se. The molecule has 2 heterocycles. The van der Waals surface area contributed by atoms with E-state index in [1.807, 2.05) is 0 Å². The summed E-state index contributed by atoms with van der Waals surface area (Å²) in [6.07, 6.45) is -2.33. The molecule has 0 bridgehead atoms. The monoisotopic (exact) mass is 308 g/mol. The number of aliphatic hydroxyl groups is 3. The first-order chi connectivity index (χ1) is 8.01. The standard InChI is InChI=1S/C9H12N2O5Se/c10-7(15)4-2-17-8(11-4)9(3-12)6(14)5(13)1-16-9/h2,5-6,12-14H,1,3H2,(H2,10,15)/t5-,6-,9-/m0/s1. The van der Waals surface area contributed by atoms with Crippen LogP contribution in [0.25, 0.3) is 0 Å². The quantitative estimate of drug-likeness (QED) is 0.446. The van der Waals surface area contributed by atoms with Gasteiger partial charge in [0.15, 0.2) is 0 Å². The van der Waals surface area contributed by atoms with Gasteiger partial charge in [-0.1, -0.05) is 0 Å². The molecule has 1 aliphatic heterocycles. The molecule has 2 rings (SSSR count).